The third-order valence-corrected chi connectivity index (χ3v) is 11.9. The maximum absolute atomic E-state index is 2.69. The maximum atomic E-state index is 2.69. The molecule has 6 unspecified atom stereocenters. The number of rotatable bonds is 3. The molecule has 1 heterocycles. The highest BCUT2D eigenvalue weighted by atomic mass is 15.0. The van der Waals surface area contributed by atoms with Crippen LogP contribution in [0.4, 0.5) is 0 Å². The van der Waals surface area contributed by atoms with E-state index in [4.69, 9.17) is 0 Å². The van der Waals surface area contributed by atoms with Gasteiger partial charge in [-0.25, -0.2) is 0 Å². The molecule has 0 bridgehead atoms. The summed E-state index contributed by atoms with van der Waals surface area (Å²) in [6, 6.07) is 18.3. The Balaban J connectivity index is 1.08. The van der Waals surface area contributed by atoms with E-state index in [0.717, 1.165) is 42.9 Å². The van der Waals surface area contributed by atoms with Gasteiger partial charge < -0.3 is 4.57 Å². The van der Waals surface area contributed by atoms with Gasteiger partial charge in [0.2, 0.25) is 0 Å². The molecule has 1 heteroatoms. The van der Waals surface area contributed by atoms with E-state index in [1.807, 2.05) is 11.1 Å². The Morgan fingerprint density at radius 2 is 1.58 bits per heavy atom. The highest BCUT2D eigenvalue weighted by Gasteiger charge is 2.45. The molecule has 3 aromatic rings. The van der Waals surface area contributed by atoms with Crippen LogP contribution in [0.3, 0.4) is 0 Å². The van der Waals surface area contributed by atoms with Crippen LogP contribution in [0.2, 0.25) is 0 Å². The minimum Gasteiger partial charge on any atom is -0.313 e. The molecule has 2 aromatic carbocycles. The molecule has 6 aliphatic carbocycles. The lowest BCUT2D eigenvalue weighted by Gasteiger charge is -2.50. The summed E-state index contributed by atoms with van der Waals surface area (Å²) in [7, 11) is 0. The first-order valence-corrected chi connectivity index (χ1v) is 17.2. The lowest BCUT2D eigenvalue weighted by molar-refractivity contribution is 0.185. The van der Waals surface area contributed by atoms with Gasteiger partial charge in [0.1, 0.15) is 0 Å². The smallest absolute Gasteiger partial charge is 0.0537 e. The Hall–Kier alpha value is -3.58. The van der Waals surface area contributed by atoms with E-state index in [9.17, 15) is 0 Å². The summed E-state index contributed by atoms with van der Waals surface area (Å²) >= 11 is 0. The highest BCUT2D eigenvalue weighted by Crippen LogP contribution is 2.55. The van der Waals surface area contributed by atoms with E-state index in [2.05, 4.69) is 108 Å². The minimum absolute atomic E-state index is 0.548. The van der Waals surface area contributed by atoms with Crippen molar-refractivity contribution in [3.8, 4) is 5.69 Å². The number of benzene rings is 2. The van der Waals surface area contributed by atoms with E-state index in [1.54, 1.807) is 0 Å². The molecule has 216 valence electrons. The van der Waals surface area contributed by atoms with Crippen LogP contribution in [0.15, 0.2) is 108 Å². The first kappa shape index (κ1) is 25.9. The van der Waals surface area contributed by atoms with Crippen LogP contribution in [0, 0.1) is 35.5 Å². The van der Waals surface area contributed by atoms with Gasteiger partial charge in [0.05, 0.1) is 5.52 Å². The molecule has 43 heavy (non-hydrogen) atoms. The second-order valence-electron chi connectivity index (χ2n) is 14.0. The quantitative estimate of drug-likeness (QED) is 0.280. The van der Waals surface area contributed by atoms with Gasteiger partial charge in [0.25, 0.3) is 0 Å². The monoisotopic (exact) mass is 561 g/mol. The van der Waals surface area contributed by atoms with Crippen molar-refractivity contribution >= 4 is 22.6 Å². The molecule has 0 saturated heterocycles. The average molecular weight is 562 g/mol. The highest BCUT2D eigenvalue weighted by molar-refractivity contribution is 5.93. The summed E-state index contributed by atoms with van der Waals surface area (Å²) < 4.78 is 2.59. The second-order valence-corrected chi connectivity index (χ2v) is 14.0. The maximum Gasteiger partial charge on any atom is 0.0537 e. The summed E-state index contributed by atoms with van der Waals surface area (Å²) in [5.41, 5.74) is 12.0. The molecule has 1 nitrogen and oxygen atoms in total. The predicted octanol–water partition coefficient (Wildman–Crippen LogP) is 10.8. The zero-order valence-corrected chi connectivity index (χ0v) is 25.3. The van der Waals surface area contributed by atoms with E-state index in [1.165, 1.54) is 83.9 Å². The minimum atomic E-state index is 0.548. The molecule has 0 aliphatic heterocycles. The summed E-state index contributed by atoms with van der Waals surface area (Å²) in [5.74, 6) is 4.20. The van der Waals surface area contributed by atoms with Crippen molar-refractivity contribution in [2.75, 3.05) is 0 Å². The summed E-state index contributed by atoms with van der Waals surface area (Å²) in [6.45, 7) is 0. The number of para-hydroxylation sites is 1. The van der Waals surface area contributed by atoms with E-state index < -0.39 is 0 Å². The SMILES string of the molecule is C1=CC(c2cccc(-n3c4c(c5ccccc53)C=CC(C3C=CC5C(C3)C3=C(CCCC3)C3CCC=CC35)C4)c2)=CCC1. The van der Waals surface area contributed by atoms with Gasteiger partial charge in [-0.15, -0.1) is 0 Å². The van der Waals surface area contributed by atoms with Gasteiger partial charge in [-0.1, -0.05) is 96.2 Å². The van der Waals surface area contributed by atoms with Crippen molar-refractivity contribution in [3.05, 3.63) is 125 Å². The van der Waals surface area contributed by atoms with Crippen molar-refractivity contribution in [1.29, 1.82) is 0 Å². The van der Waals surface area contributed by atoms with Crippen LogP contribution in [0.25, 0.3) is 28.2 Å². The van der Waals surface area contributed by atoms with Crippen LogP contribution in [0.5, 0.6) is 0 Å². The Bertz CT molecular complexity index is 1770. The Labute approximate surface area is 257 Å². The largest absolute Gasteiger partial charge is 0.313 e. The van der Waals surface area contributed by atoms with Gasteiger partial charge in [-0.2, -0.15) is 0 Å². The molecule has 1 aromatic heterocycles. The molecular weight excluding hydrogens is 518 g/mol. The van der Waals surface area contributed by atoms with Crippen molar-refractivity contribution in [3.63, 3.8) is 0 Å². The third kappa shape index (κ3) is 4.26. The molecule has 0 radical (unpaired) electrons. The van der Waals surface area contributed by atoms with Gasteiger partial charge in [-0.05, 0) is 129 Å². The number of hydrogen-bond acceptors (Lipinski definition) is 0. The van der Waals surface area contributed by atoms with Gasteiger partial charge in [0.15, 0.2) is 0 Å². The standard InChI is InChI=1S/C42H43N/c1-2-11-28(12-3-1)29-13-10-14-32(25-29)43-41-20-9-8-19-38(41)39-24-22-31(27-42(39)43)30-21-23-37-35-17-5-4-15-33(35)34-16-6-7-18-36(34)40(37)26-30/h2,5,8-14,17,19-25,30-31,33,35,37,40H,1,3-4,6-7,15-16,18,26-27H2. The molecule has 9 rings (SSSR count). The summed E-state index contributed by atoms with van der Waals surface area (Å²) in [4.78, 5) is 0. The first-order chi connectivity index (χ1) is 21.3. The summed E-state index contributed by atoms with van der Waals surface area (Å²) in [6.07, 6.45) is 35.5. The lowest BCUT2D eigenvalue weighted by atomic mass is 9.55. The van der Waals surface area contributed by atoms with E-state index in [0.29, 0.717) is 11.8 Å². The number of allylic oxidation sites excluding steroid dienone is 11. The van der Waals surface area contributed by atoms with Crippen LogP contribution < -0.4 is 0 Å². The molecule has 6 aliphatic rings. The number of fused-ring (bicyclic) bond motifs is 8. The fourth-order valence-electron chi connectivity index (χ4n) is 9.94. The Morgan fingerprint density at radius 1 is 0.698 bits per heavy atom. The molecular formula is C42H43N. The molecule has 0 N–H and O–H groups in total. The fraction of sp³-hybridized carbons (Fsp3) is 0.381. The predicted molar refractivity (Wildman–Crippen MR) is 181 cm³/mol. The van der Waals surface area contributed by atoms with Crippen molar-refractivity contribution in [2.24, 2.45) is 35.5 Å². The zero-order valence-electron chi connectivity index (χ0n) is 25.3. The molecule has 6 atom stereocenters. The summed E-state index contributed by atoms with van der Waals surface area (Å²) in [5, 5.41) is 1.38. The number of aromatic nitrogens is 1. The fourth-order valence-corrected chi connectivity index (χ4v) is 9.94. The normalized spacial score (nSPS) is 30.9. The van der Waals surface area contributed by atoms with E-state index in [-0.39, 0.29) is 0 Å². The lowest BCUT2D eigenvalue weighted by Crippen LogP contribution is -2.40. The van der Waals surface area contributed by atoms with Crippen molar-refractivity contribution in [2.45, 2.75) is 64.2 Å². The molecule has 0 fully saturated rings. The second kappa shape index (κ2) is 10.5. The van der Waals surface area contributed by atoms with Gasteiger partial charge in [-0.3, -0.25) is 0 Å². The molecule has 0 spiro atoms. The number of hydrogen-bond donors (Lipinski definition) is 0. The molecule has 0 saturated carbocycles. The van der Waals surface area contributed by atoms with Crippen molar-refractivity contribution in [1.82, 2.24) is 4.57 Å². The molecule has 0 amide bonds. The van der Waals surface area contributed by atoms with Crippen LogP contribution in [-0.2, 0) is 6.42 Å². The van der Waals surface area contributed by atoms with Crippen molar-refractivity contribution < 1.29 is 0 Å². The van der Waals surface area contributed by atoms with E-state index >= 15 is 0 Å². The average Bonchev–Trinajstić information content (AvgIpc) is 3.42. The number of nitrogens with zero attached hydrogens (tertiary/aromatic N) is 1. The Morgan fingerprint density at radius 3 is 2.49 bits per heavy atom. The van der Waals surface area contributed by atoms with Crippen LogP contribution in [-0.4, -0.2) is 4.57 Å². The van der Waals surface area contributed by atoms with Crippen LogP contribution in [0.1, 0.15) is 74.6 Å². The zero-order chi connectivity index (χ0) is 28.3. The van der Waals surface area contributed by atoms with Crippen LogP contribution >= 0.6 is 0 Å². The van der Waals surface area contributed by atoms with Gasteiger partial charge in [0, 0.05) is 22.3 Å². The van der Waals surface area contributed by atoms with Gasteiger partial charge >= 0.3 is 0 Å². The third-order valence-electron chi connectivity index (χ3n) is 11.9. The topological polar surface area (TPSA) is 4.93 Å². The Kier molecular flexibility index (Phi) is 6.35. The first-order valence-electron chi connectivity index (χ1n) is 17.2.